The second-order valence-corrected chi connectivity index (χ2v) is 6.94. The SMILES string of the molecule is COc1cc(OC)cc(N2CC(c3nc(C4(N)CCC4)no3)CC2=O)c1.Cl. The molecule has 4 rings (SSSR count). The lowest BCUT2D eigenvalue weighted by molar-refractivity contribution is -0.117. The number of ether oxygens (including phenoxy) is 2. The van der Waals surface area contributed by atoms with Crippen molar-refractivity contribution in [2.24, 2.45) is 5.73 Å². The molecule has 0 radical (unpaired) electrons. The molecule has 0 spiro atoms. The van der Waals surface area contributed by atoms with Crippen LogP contribution in [0.5, 0.6) is 11.5 Å². The zero-order valence-electron chi connectivity index (χ0n) is 15.3. The molecule has 1 aliphatic heterocycles. The number of carbonyl (C=O) groups excluding carboxylic acids is 1. The zero-order valence-corrected chi connectivity index (χ0v) is 16.1. The van der Waals surface area contributed by atoms with E-state index in [4.69, 9.17) is 19.7 Å². The van der Waals surface area contributed by atoms with Gasteiger partial charge in [-0.15, -0.1) is 12.4 Å². The first-order chi connectivity index (χ1) is 12.5. The molecular formula is C18H23ClN4O4. The highest BCUT2D eigenvalue weighted by molar-refractivity contribution is 5.96. The second-order valence-electron chi connectivity index (χ2n) is 6.94. The van der Waals surface area contributed by atoms with Crippen LogP contribution in [0.2, 0.25) is 0 Å². The van der Waals surface area contributed by atoms with Crippen molar-refractivity contribution in [1.82, 2.24) is 10.1 Å². The summed E-state index contributed by atoms with van der Waals surface area (Å²) in [4.78, 5) is 18.7. The largest absolute Gasteiger partial charge is 0.497 e. The molecule has 1 amide bonds. The standard InChI is InChI=1S/C18H22N4O4.ClH/c1-24-13-7-12(8-14(9-13)25-2)22-10-11(6-15(22)23)16-20-17(21-26-16)18(19)4-3-5-18;/h7-9,11H,3-6,10,19H2,1-2H3;1H. The van der Waals surface area contributed by atoms with Gasteiger partial charge in [0.25, 0.3) is 0 Å². The summed E-state index contributed by atoms with van der Waals surface area (Å²) in [6.07, 6.45) is 3.13. The van der Waals surface area contributed by atoms with Crippen molar-refractivity contribution < 1.29 is 18.8 Å². The highest BCUT2D eigenvalue weighted by Crippen LogP contribution is 2.39. The van der Waals surface area contributed by atoms with Crippen LogP contribution in [0, 0.1) is 0 Å². The molecular weight excluding hydrogens is 372 g/mol. The normalized spacial score (nSPS) is 20.8. The number of nitrogens with zero attached hydrogens (tertiary/aromatic N) is 3. The second kappa shape index (κ2) is 7.36. The first-order valence-electron chi connectivity index (χ1n) is 8.69. The molecule has 1 saturated heterocycles. The summed E-state index contributed by atoms with van der Waals surface area (Å²) in [5.41, 5.74) is 6.51. The van der Waals surface area contributed by atoms with Gasteiger partial charge in [0.05, 0.1) is 31.4 Å². The lowest BCUT2D eigenvalue weighted by Crippen LogP contribution is -2.44. The molecule has 2 N–H and O–H groups in total. The van der Waals surface area contributed by atoms with Crippen LogP contribution in [0.25, 0.3) is 0 Å². The van der Waals surface area contributed by atoms with Gasteiger partial charge in [-0.05, 0) is 19.3 Å². The summed E-state index contributed by atoms with van der Waals surface area (Å²) in [5, 5.41) is 4.05. The molecule has 1 aromatic carbocycles. The van der Waals surface area contributed by atoms with Gasteiger partial charge in [0.15, 0.2) is 5.82 Å². The van der Waals surface area contributed by atoms with Crippen molar-refractivity contribution in [2.75, 3.05) is 25.7 Å². The molecule has 2 aromatic rings. The van der Waals surface area contributed by atoms with Crippen molar-refractivity contribution in [3.05, 3.63) is 29.9 Å². The van der Waals surface area contributed by atoms with Gasteiger partial charge >= 0.3 is 0 Å². The molecule has 1 aromatic heterocycles. The van der Waals surface area contributed by atoms with Gasteiger partial charge in [-0.1, -0.05) is 5.16 Å². The Morgan fingerprint density at radius 2 is 1.89 bits per heavy atom. The van der Waals surface area contributed by atoms with Crippen molar-refractivity contribution in [2.45, 2.75) is 37.1 Å². The Bertz CT molecular complexity index is 814. The molecule has 9 heteroatoms. The fraction of sp³-hybridized carbons (Fsp3) is 0.500. The Hall–Kier alpha value is -2.32. The first kappa shape index (κ1) is 19.4. The molecule has 1 saturated carbocycles. The number of nitrogens with two attached hydrogens (primary N) is 1. The highest BCUT2D eigenvalue weighted by Gasteiger charge is 2.41. The maximum Gasteiger partial charge on any atom is 0.232 e. The maximum absolute atomic E-state index is 12.6. The number of hydrogen-bond donors (Lipinski definition) is 1. The Morgan fingerprint density at radius 3 is 2.44 bits per heavy atom. The predicted molar refractivity (Wildman–Crippen MR) is 101 cm³/mol. The van der Waals surface area contributed by atoms with Gasteiger partial charge in [-0.3, -0.25) is 4.79 Å². The van der Waals surface area contributed by atoms with Crippen LogP contribution in [-0.2, 0) is 10.3 Å². The number of hydrogen-bond acceptors (Lipinski definition) is 7. The van der Waals surface area contributed by atoms with Crippen molar-refractivity contribution >= 4 is 24.0 Å². The third-order valence-electron chi connectivity index (χ3n) is 5.26. The number of benzene rings is 1. The summed E-state index contributed by atoms with van der Waals surface area (Å²) in [6, 6.07) is 5.39. The van der Waals surface area contributed by atoms with E-state index in [0.717, 1.165) is 24.9 Å². The molecule has 1 unspecified atom stereocenters. The van der Waals surface area contributed by atoms with Gasteiger partial charge in [-0.25, -0.2) is 0 Å². The van der Waals surface area contributed by atoms with E-state index in [-0.39, 0.29) is 24.2 Å². The Labute approximate surface area is 163 Å². The molecule has 0 bridgehead atoms. The predicted octanol–water partition coefficient (Wildman–Crippen LogP) is 2.37. The number of carbonyl (C=O) groups is 1. The Balaban J connectivity index is 0.00000210. The van der Waals surface area contributed by atoms with Gasteiger partial charge in [-0.2, -0.15) is 4.98 Å². The maximum atomic E-state index is 12.6. The summed E-state index contributed by atoms with van der Waals surface area (Å²) in [5.74, 6) is 2.13. The minimum absolute atomic E-state index is 0. The number of rotatable bonds is 5. The summed E-state index contributed by atoms with van der Waals surface area (Å²) in [7, 11) is 3.16. The molecule has 1 atom stereocenters. The van der Waals surface area contributed by atoms with Crippen LogP contribution in [-0.4, -0.2) is 36.8 Å². The molecule has 2 heterocycles. The average Bonchev–Trinajstić information content (AvgIpc) is 3.26. The third kappa shape index (κ3) is 3.46. The highest BCUT2D eigenvalue weighted by atomic mass is 35.5. The fourth-order valence-electron chi connectivity index (χ4n) is 3.46. The quantitative estimate of drug-likeness (QED) is 0.830. The molecule has 1 aliphatic carbocycles. The van der Waals surface area contributed by atoms with E-state index in [1.807, 2.05) is 12.1 Å². The van der Waals surface area contributed by atoms with Crippen LogP contribution < -0.4 is 20.1 Å². The van der Waals surface area contributed by atoms with Crippen molar-refractivity contribution in [1.29, 1.82) is 0 Å². The van der Waals surface area contributed by atoms with E-state index in [1.54, 1.807) is 25.2 Å². The van der Waals surface area contributed by atoms with Crippen LogP contribution in [0.15, 0.2) is 22.7 Å². The molecule has 8 nitrogen and oxygen atoms in total. The van der Waals surface area contributed by atoms with E-state index in [0.29, 0.717) is 36.2 Å². The summed E-state index contributed by atoms with van der Waals surface area (Å²) >= 11 is 0. The van der Waals surface area contributed by atoms with Crippen LogP contribution in [0.4, 0.5) is 5.69 Å². The Morgan fingerprint density at radius 1 is 1.22 bits per heavy atom. The molecule has 2 aliphatic rings. The molecule has 27 heavy (non-hydrogen) atoms. The zero-order chi connectivity index (χ0) is 18.3. The van der Waals surface area contributed by atoms with Crippen LogP contribution in [0.3, 0.4) is 0 Å². The number of halogens is 1. The number of amides is 1. The minimum atomic E-state index is -0.468. The van der Waals surface area contributed by atoms with E-state index >= 15 is 0 Å². The first-order valence-corrected chi connectivity index (χ1v) is 8.69. The van der Waals surface area contributed by atoms with Crippen molar-refractivity contribution in [3.63, 3.8) is 0 Å². The minimum Gasteiger partial charge on any atom is -0.497 e. The summed E-state index contributed by atoms with van der Waals surface area (Å²) < 4.78 is 16.0. The van der Waals surface area contributed by atoms with E-state index in [9.17, 15) is 4.79 Å². The molecule has 2 fully saturated rings. The summed E-state index contributed by atoms with van der Waals surface area (Å²) in [6.45, 7) is 0.467. The van der Waals surface area contributed by atoms with Crippen molar-refractivity contribution in [3.8, 4) is 11.5 Å². The third-order valence-corrected chi connectivity index (χ3v) is 5.26. The van der Waals surface area contributed by atoms with Gasteiger partial charge in [0.2, 0.25) is 11.8 Å². The average molecular weight is 395 g/mol. The Kier molecular flexibility index (Phi) is 5.30. The van der Waals surface area contributed by atoms with Crippen LogP contribution in [0.1, 0.15) is 43.3 Å². The smallest absolute Gasteiger partial charge is 0.232 e. The lowest BCUT2D eigenvalue weighted by Gasteiger charge is -2.34. The number of aromatic nitrogens is 2. The van der Waals surface area contributed by atoms with Crippen LogP contribution >= 0.6 is 12.4 Å². The fourth-order valence-corrected chi connectivity index (χ4v) is 3.46. The van der Waals surface area contributed by atoms with Gasteiger partial charge in [0.1, 0.15) is 11.5 Å². The van der Waals surface area contributed by atoms with E-state index in [1.165, 1.54) is 0 Å². The van der Waals surface area contributed by atoms with E-state index in [2.05, 4.69) is 10.1 Å². The van der Waals surface area contributed by atoms with Gasteiger partial charge < -0.3 is 24.6 Å². The van der Waals surface area contributed by atoms with E-state index < -0.39 is 5.54 Å². The van der Waals surface area contributed by atoms with Gasteiger partial charge in [0, 0.05) is 31.2 Å². The lowest BCUT2D eigenvalue weighted by atomic mass is 9.77. The topological polar surface area (TPSA) is 104 Å². The monoisotopic (exact) mass is 394 g/mol. The molecule has 146 valence electrons. The number of anilines is 1. The number of methoxy groups -OCH3 is 2.